The van der Waals surface area contributed by atoms with Crippen molar-refractivity contribution in [1.82, 2.24) is 5.32 Å². The third kappa shape index (κ3) is 6.62. The van der Waals surface area contributed by atoms with E-state index in [9.17, 15) is 14.4 Å². The van der Waals surface area contributed by atoms with E-state index < -0.39 is 5.91 Å². The molecular formula is C23H29NO5S. The summed E-state index contributed by atoms with van der Waals surface area (Å²) in [5.41, 5.74) is 0.693. The predicted molar refractivity (Wildman–Crippen MR) is 117 cm³/mol. The lowest BCUT2D eigenvalue weighted by molar-refractivity contribution is -0.134. The largest absolute Gasteiger partial charge is 0.490 e. The fourth-order valence-electron chi connectivity index (χ4n) is 3.89. The highest BCUT2D eigenvalue weighted by molar-refractivity contribution is 8.18. The molecule has 2 fully saturated rings. The van der Waals surface area contributed by atoms with Gasteiger partial charge in [0.2, 0.25) is 0 Å². The first kappa shape index (κ1) is 22.4. The first-order valence-corrected chi connectivity index (χ1v) is 11.6. The van der Waals surface area contributed by atoms with Crippen molar-refractivity contribution in [3.05, 3.63) is 28.7 Å². The second-order valence-corrected chi connectivity index (χ2v) is 8.73. The molecule has 30 heavy (non-hydrogen) atoms. The van der Waals surface area contributed by atoms with Crippen LogP contribution in [-0.2, 0) is 9.59 Å². The van der Waals surface area contributed by atoms with Crippen molar-refractivity contribution in [2.24, 2.45) is 5.92 Å². The molecular weight excluding hydrogens is 402 g/mol. The molecule has 1 aromatic rings. The minimum absolute atomic E-state index is 0.262. The van der Waals surface area contributed by atoms with E-state index in [0.717, 1.165) is 30.5 Å². The molecule has 0 radical (unpaired) electrons. The van der Waals surface area contributed by atoms with Gasteiger partial charge in [-0.25, -0.2) is 0 Å². The number of imide groups is 1. The molecule has 1 aliphatic carbocycles. The van der Waals surface area contributed by atoms with Crippen LogP contribution >= 0.6 is 11.8 Å². The van der Waals surface area contributed by atoms with Gasteiger partial charge >= 0.3 is 5.97 Å². The SMILES string of the molecule is CCOc1cc(/C=C2\SC(=O)NC2=O)ccc1OC(=O)CCCCC1CCCCC1. The van der Waals surface area contributed by atoms with E-state index in [1.807, 2.05) is 6.92 Å². The lowest BCUT2D eigenvalue weighted by Crippen LogP contribution is -2.17. The molecule has 2 aliphatic rings. The van der Waals surface area contributed by atoms with Crippen molar-refractivity contribution in [2.75, 3.05) is 6.61 Å². The molecule has 0 spiro atoms. The minimum atomic E-state index is -0.410. The predicted octanol–water partition coefficient (Wildman–Crippen LogP) is 5.46. The maximum absolute atomic E-state index is 12.3. The summed E-state index contributed by atoms with van der Waals surface area (Å²) in [7, 11) is 0. The summed E-state index contributed by atoms with van der Waals surface area (Å²) in [6.07, 6.45) is 11.8. The van der Waals surface area contributed by atoms with E-state index in [1.165, 1.54) is 38.5 Å². The number of amides is 2. The van der Waals surface area contributed by atoms with Crippen LogP contribution in [0.1, 0.15) is 70.3 Å². The zero-order valence-corrected chi connectivity index (χ0v) is 18.2. The summed E-state index contributed by atoms with van der Waals surface area (Å²) in [6, 6.07) is 5.10. The van der Waals surface area contributed by atoms with Crippen LogP contribution in [0.5, 0.6) is 11.5 Å². The second-order valence-electron chi connectivity index (χ2n) is 7.72. The van der Waals surface area contributed by atoms with E-state index in [1.54, 1.807) is 24.3 Å². The number of carbonyl (C=O) groups excluding carboxylic acids is 3. The number of esters is 1. The van der Waals surface area contributed by atoms with Crippen LogP contribution in [0.2, 0.25) is 0 Å². The topological polar surface area (TPSA) is 81.7 Å². The van der Waals surface area contributed by atoms with Gasteiger partial charge in [-0.2, -0.15) is 0 Å². The number of thioether (sulfide) groups is 1. The quantitative estimate of drug-likeness (QED) is 0.242. The van der Waals surface area contributed by atoms with E-state index in [2.05, 4.69) is 5.32 Å². The van der Waals surface area contributed by atoms with Crippen LogP contribution in [0.3, 0.4) is 0 Å². The number of ether oxygens (including phenoxy) is 2. The molecule has 6 nitrogen and oxygen atoms in total. The van der Waals surface area contributed by atoms with E-state index in [4.69, 9.17) is 9.47 Å². The summed E-state index contributed by atoms with van der Waals surface area (Å²) in [6.45, 7) is 2.26. The zero-order chi connectivity index (χ0) is 21.3. The first-order chi connectivity index (χ1) is 14.5. The lowest BCUT2D eigenvalue weighted by atomic mass is 9.86. The molecule has 162 valence electrons. The molecule has 1 heterocycles. The maximum atomic E-state index is 12.3. The summed E-state index contributed by atoms with van der Waals surface area (Å²) in [4.78, 5) is 35.6. The highest BCUT2D eigenvalue weighted by atomic mass is 32.2. The van der Waals surface area contributed by atoms with Gasteiger partial charge in [0.1, 0.15) is 0 Å². The highest BCUT2D eigenvalue weighted by Crippen LogP contribution is 2.32. The van der Waals surface area contributed by atoms with Gasteiger partial charge in [0.15, 0.2) is 11.5 Å². The Hall–Kier alpha value is -2.28. The Bertz CT molecular complexity index is 814. The van der Waals surface area contributed by atoms with Gasteiger partial charge in [0, 0.05) is 6.42 Å². The number of rotatable bonds is 9. The number of hydrogen-bond acceptors (Lipinski definition) is 6. The van der Waals surface area contributed by atoms with Gasteiger partial charge < -0.3 is 9.47 Å². The number of carbonyl (C=O) groups is 3. The fraction of sp³-hybridized carbons (Fsp3) is 0.522. The van der Waals surface area contributed by atoms with Crippen molar-refractivity contribution in [2.45, 2.75) is 64.7 Å². The molecule has 3 rings (SSSR count). The smallest absolute Gasteiger partial charge is 0.311 e. The van der Waals surface area contributed by atoms with E-state index in [0.29, 0.717) is 35.0 Å². The third-order valence-electron chi connectivity index (χ3n) is 5.40. The zero-order valence-electron chi connectivity index (χ0n) is 17.4. The van der Waals surface area contributed by atoms with Gasteiger partial charge in [0.05, 0.1) is 11.5 Å². The Morgan fingerprint density at radius 2 is 1.97 bits per heavy atom. The Labute approximate surface area is 181 Å². The summed E-state index contributed by atoms with van der Waals surface area (Å²) in [5, 5.41) is 1.84. The molecule has 0 aromatic heterocycles. The van der Waals surface area contributed by atoms with E-state index in [-0.39, 0.29) is 11.2 Å². The fourth-order valence-corrected chi connectivity index (χ4v) is 4.57. The lowest BCUT2D eigenvalue weighted by Gasteiger charge is -2.21. The average Bonchev–Trinajstić information content (AvgIpc) is 3.05. The monoisotopic (exact) mass is 431 g/mol. The summed E-state index contributed by atoms with van der Waals surface area (Å²) in [5.74, 6) is 0.970. The van der Waals surface area contributed by atoms with Crippen LogP contribution in [0.15, 0.2) is 23.1 Å². The number of hydrogen-bond donors (Lipinski definition) is 1. The van der Waals surface area contributed by atoms with Gasteiger partial charge in [0.25, 0.3) is 11.1 Å². The molecule has 1 aromatic carbocycles. The normalized spacial score (nSPS) is 18.5. The molecule has 1 N–H and O–H groups in total. The van der Waals surface area contributed by atoms with Crippen molar-refractivity contribution in [1.29, 1.82) is 0 Å². The second kappa shape index (κ2) is 11.2. The Morgan fingerprint density at radius 3 is 2.67 bits per heavy atom. The van der Waals surface area contributed by atoms with Gasteiger partial charge in [-0.05, 0) is 54.8 Å². The van der Waals surface area contributed by atoms with Gasteiger partial charge in [-0.15, -0.1) is 0 Å². The van der Waals surface area contributed by atoms with Crippen molar-refractivity contribution < 1.29 is 23.9 Å². The molecule has 1 saturated heterocycles. The highest BCUT2D eigenvalue weighted by Gasteiger charge is 2.25. The minimum Gasteiger partial charge on any atom is -0.490 e. The van der Waals surface area contributed by atoms with Crippen molar-refractivity contribution in [3.63, 3.8) is 0 Å². The third-order valence-corrected chi connectivity index (χ3v) is 6.21. The molecule has 0 bridgehead atoms. The average molecular weight is 432 g/mol. The van der Waals surface area contributed by atoms with Gasteiger partial charge in [-0.3, -0.25) is 19.7 Å². The molecule has 1 aliphatic heterocycles. The molecule has 0 unspecified atom stereocenters. The molecule has 1 saturated carbocycles. The molecule has 2 amide bonds. The summed E-state index contributed by atoms with van der Waals surface area (Å²) >= 11 is 0.859. The number of nitrogens with one attached hydrogen (secondary N) is 1. The summed E-state index contributed by atoms with van der Waals surface area (Å²) < 4.78 is 11.1. The standard InChI is InChI=1S/C23H29NO5S/c1-2-28-19-14-17(15-20-22(26)24-23(27)30-20)12-13-18(19)29-21(25)11-7-6-10-16-8-4-3-5-9-16/h12-16H,2-11H2,1H3,(H,24,26,27)/b20-15-. The Morgan fingerprint density at radius 1 is 1.17 bits per heavy atom. The van der Waals surface area contributed by atoms with Crippen LogP contribution < -0.4 is 14.8 Å². The van der Waals surface area contributed by atoms with Crippen LogP contribution in [0.25, 0.3) is 6.08 Å². The first-order valence-electron chi connectivity index (χ1n) is 10.8. The van der Waals surface area contributed by atoms with Gasteiger partial charge in [-0.1, -0.05) is 51.0 Å². The molecule has 7 heteroatoms. The van der Waals surface area contributed by atoms with Crippen molar-refractivity contribution in [3.8, 4) is 11.5 Å². The van der Waals surface area contributed by atoms with Crippen LogP contribution in [-0.4, -0.2) is 23.7 Å². The number of unbranched alkanes of at least 4 members (excludes halogenated alkanes) is 1. The van der Waals surface area contributed by atoms with E-state index >= 15 is 0 Å². The van der Waals surface area contributed by atoms with Crippen LogP contribution in [0.4, 0.5) is 4.79 Å². The Kier molecular flexibility index (Phi) is 8.37. The Balaban J connectivity index is 1.54. The number of benzene rings is 1. The maximum Gasteiger partial charge on any atom is 0.311 e. The van der Waals surface area contributed by atoms with Crippen LogP contribution in [0, 0.1) is 5.92 Å². The molecule has 0 atom stereocenters. The van der Waals surface area contributed by atoms with Crippen molar-refractivity contribution >= 4 is 35.0 Å².